The number of hydrogen-bond donors (Lipinski definition) is 2. The molecular formula is C20H23FN2O3S. The van der Waals surface area contributed by atoms with Crippen LogP contribution >= 0.6 is 0 Å². The lowest BCUT2D eigenvalue weighted by Crippen LogP contribution is -2.32. The number of halogens is 1. The summed E-state index contributed by atoms with van der Waals surface area (Å²) in [4.78, 5) is 12.0. The minimum atomic E-state index is -3.77. The molecule has 0 radical (unpaired) electrons. The SMILES string of the molecule is O=C(CNS(=O)(=O)c1ccc(C2CCCCC2)cc1)Nc1ccc(F)cc1. The van der Waals surface area contributed by atoms with Gasteiger partial charge in [0.2, 0.25) is 15.9 Å². The molecule has 2 N–H and O–H groups in total. The van der Waals surface area contributed by atoms with Gasteiger partial charge in [-0.05, 0) is 60.7 Å². The Kier molecular flexibility index (Phi) is 6.23. The Labute approximate surface area is 159 Å². The summed E-state index contributed by atoms with van der Waals surface area (Å²) in [6, 6.07) is 12.2. The van der Waals surface area contributed by atoms with Crippen LogP contribution in [0.1, 0.15) is 43.6 Å². The monoisotopic (exact) mass is 390 g/mol. The third-order valence-electron chi connectivity index (χ3n) is 4.82. The summed E-state index contributed by atoms with van der Waals surface area (Å²) in [5, 5.41) is 2.51. The second-order valence-electron chi connectivity index (χ2n) is 6.78. The molecule has 1 aliphatic carbocycles. The zero-order chi connectivity index (χ0) is 19.3. The molecule has 0 aromatic heterocycles. The Morgan fingerprint density at radius 2 is 1.59 bits per heavy atom. The maximum absolute atomic E-state index is 12.9. The Bertz CT molecular complexity index is 874. The summed E-state index contributed by atoms with van der Waals surface area (Å²) in [5.74, 6) is -0.431. The van der Waals surface area contributed by atoms with E-state index < -0.39 is 28.3 Å². The number of anilines is 1. The molecule has 5 nitrogen and oxygen atoms in total. The third-order valence-corrected chi connectivity index (χ3v) is 6.23. The fourth-order valence-electron chi connectivity index (χ4n) is 3.34. The smallest absolute Gasteiger partial charge is 0.241 e. The van der Waals surface area contributed by atoms with Gasteiger partial charge >= 0.3 is 0 Å². The summed E-state index contributed by atoms with van der Waals surface area (Å²) in [7, 11) is -3.77. The van der Waals surface area contributed by atoms with Crippen molar-refractivity contribution in [3.05, 3.63) is 59.9 Å². The molecule has 7 heteroatoms. The first-order chi connectivity index (χ1) is 12.9. The average molecular weight is 390 g/mol. The molecule has 1 fully saturated rings. The van der Waals surface area contributed by atoms with Crippen molar-refractivity contribution in [2.45, 2.75) is 42.9 Å². The highest BCUT2D eigenvalue weighted by Gasteiger charge is 2.18. The van der Waals surface area contributed by atoms with Gasteiger partial charge in [0.05, 0.1) is 11.4 Å². The highest BCUT2D eigenvalue weighted by atomic mass is 32.2. The normalized spacial score (nSPS) is 15.4. The Morgan fingerprint density at radius 3 is 2.22 bits per heavy atom. The van der Waals surface area contributed by atoms with Gasteiger partial charge in [0, 0.05) is 5.69 Å². The van der Waals surface area contributed by atoms with Crippen LogP contribution in [0.5, 0.6) is 0 Å². The van der Waals surface area contributed by atoms with Crippen LogP contribution in [0, 0.1) is 5.82 Å². The molecule has 1 amide bonds. The zero-order valence-corrected chi connectivity index (χ0v) is 15.8. The molecule has 0 unspecified atom stereocenters. The predicted molar refractivity (Wildman–Crippen MR) is 102 cm³/mol. The summed E-state index contributed by atoms with van der Waals surface area (Å²) in [5.41, 5.74) is 1.57. The van der Waals surface area contributed by atoms with E-state index in [4.69, 9.17) is 0 Å². The molecule has 1 aliphatic rings. The molecule has 1 saturated carbocycles. The topological polar surface area (TPSA) is 75.3 Å². The number of hydrogen-bond acceptors (Lipinski definition) is 3. The van der Waals surface area contributed by atoms with Crippen molar-refractivity contribution in [3.8, 4) is 0 Å². The number of carbonyl (C=O) groups is 1. The Morgan fingerprint density at radius 1 is 0.963 bits per heavy atom. The quantitative estimate of drug-likeness (QED) is 0.788. The lowest BCUT2D eigenvalue weighted by molar-refractivity contribution is -0.115. The van der Waals surface area contributed by atoms with E-state index in [2.05, 4.69) is 10.0 Å². The van der Waals surface area contributed by atoms with E-state index in [1.807, 2.05) is 12.1 Å². The molecule has 0 heterocycles. The van der Waals surface area contributed by atoms with Crippen LogP contribution in [0.2, 0.25) is 0 Å². The van der Waals surface area contributed by atoms with E-state index in [9.17, 15) is 17.6 Å². The van der Waals surface area contributed by atoms with Gasteiger partial charge in [-0.25, -0.2) is 17.5 Å². The van der Waals surface area contributed by atoms with Gasteiger partial charge in [-0.15, -0.1) is 0 Å². The Hall–Kier alpha value is -2.25. The van der Waals surface area contributed by atoms with E-state index in [1.165, 1.54) is 49.1 Å². The lowest BCUT2D eigenvalue weighted by atomic mass is 9.84. The minimum absolute atomic E-state index is 0.136. The third kappa shape index (κ3) is 5.37. The number of benzene rings is 2. The molecule has 0 atom stereocenters. The first kappa shape index (κ1) is 19.5. The van der Waals surface area contributed by atoms with Crippen molar-refractivity contribution in [3.63, 3.8) is 0 Å². The van der Waals surface area contributed by atoms with E-state index in [-0.39, 0.29) is 4.90 Å². The molecule has 27 heavy (non-hydrogen) atoms. The fraction of sp³-hybridized carbons (Fsp3) is 0.350. The number of sulfonamides is 1. The van der Waals surface area contributed by atoms with Gasteiger partial charge in [-0.1, -0.05) is 31.4 Å². The lowest BCUT2D eigenvalue weighted by Gasteiger charge is -2.22. The Balaban J connectivity index is 1.57. The molecule has 0 saturated heterocycles. The molecule has 2 aromatic carbocycles. The van der Waals surface area contributed by atoms with Crippen molar-refractivity contribution >= 4 is 21.6 Å². The van der Waals surface area contributed by atoms with Crippen molar-refractivity contribution in [2.24, 2.45) is 0 Å². The summed E-state index contributed by atoms with van der Waals surface area (Å²) >= 11 is 0. The first-order valence-electron chi connectivity index (χ1n) is 9.09. The van der Waals surface area contributed by atoms with Crippen molar-refractivity contribution in [1.29, 1.82) is 0 Å². The van der Waals surface area contributed by atoms with Crippen LogP contribution in [0.4, 0.5) is 10.1 Å². The zero-order valence-electron chi connectivity index (χ0n) is 14.9. The summed E-state index contributed by atoms with van der Waals surface area (Å²) in [6.07, 6.45) is 6.00. The van der Waals surface area contributed by atoms with Crippen molar-refractivity contribution < 1.29 is 17.6 Å². The van der Waals surface area contributed by atoms with Crippen LogP contribution in [-0.4, -0.2) is 20.9 Å². The molecule has 3 rings (SSSR count). The molecule has 144 valence electrons. The molecular weight excluding hydrogens is 367 g/mol. The number of amides is 1. The summed E-state index contributed by atoms with van der Waals surface area (Å²) < 4.78 is 39.9. The van der Waals surface area contributed by atoms with Gasteiger partial charge in [-0.3, -0.25) is 4.79 Å². The summed E-state index contributed by atoms with van der Waals surface area (Å²) in [6.45, 7) is -0.399. The highest BCUT2D eigenvalue weighted by molar-refractivity contribution is 7.89. The largest absolute Gasteiger partial charge is 0.325 e. The van der Waals surface area contributed by atoms with Crippen LogP contribution in [-0.2, 0) is 14.8 Å². The van der Waals surface area contributed by atoms with Crippen LogP contribution in [0.15, 0.2) is 53.4 Å². The fourth-order valence-corrected chi connectivity index (χ4v) is 4.32. The van der Waals surface area contributed by atoms with E-state index in [1.54, 1.807) is 12.1 Å². The maximum Gasteiger partial charge on any atom is 0.241 e. The standard InChI is InChI=1S/C20H23FN2O3S/c21-17-8-10-18(11-9-17)23-20(24)14-22-27(25,26)19-12-6-16(7-13-19)15-4-2-1-3-5-15/h6-13,15,22H,1-5,14H2,(H,23,24). The molecule has 0 spiro atoms. The van der Waals surface area contributed by atoms with Gasteiger partial charge in [0.1, 0.15) is 5.82 Å². The van der Waals surface area contributed by atoms with Crippen molar-refractivity contribution in [2.75, 3.05) is 11.9 Å². The average Bonchev–Trinajstić information content (AvgIpc) is 2.69. The minimum Gasteiger partial charge on any atom is -0.325 e. The van der Waals surface area contributed by atoms with Crippen LogP contribution in [0.25, 0.3) is 0 Å². The van der Waals surface area contributed by atoms with E-state index in [0.29, 0.717) is 11.6 Å². The van der Waals surface area contributed by atoms with Gasteiger partial charge in [0.25, 0.3) is 0 Å². The van der Waals surface area contributed by atoms with E-state index in [0.717, 1.165) is 12.8 Å². The second kappa shape index (κ2) is 8.63. The highest BCUT2D eigenvalue weighted by Crippen LogP contribution is 2.32. The molecule has 0 aliphatic heterocycles. The molecule has 2 aromatic rings. The molecule has 0 bridgehead atoms. The van der Waals surface area contributed by atoms with Gasteiger partial charge < -0.3 is 5.32 Å². The van der Waals surface area contributed by atoms with Crippen LogP contribution < -0.4 is 10.0 Å². The van der Waals surface area contributed by atoms with Gasteiger partial charge in [0.15, 0.2) is 0 Å². The first-order valence-corrected chi connectivity index (χ1v) is 10.6. The van der Waals surface area contributed by atoms with E-state index >= 15 is 0 Å². The van der Waals surface area contributed by atoms with Gasteiger partial charge in [-0.2, -0.15) is 0 Å². The number of rotatable bonds is 6. The maximum atomic E-state index is 12.9. The second-order valence-corrected chi connectivity index (χ2v) is 8.55. The number of nitrogens with one attached hydrogen (secondary N) is 2. The van der Waals surface area contributed by atoms with Crippen LogP contribution in [0.3, 0.4) is 0 Å². The van der Waals surface area contributed by atoms with Crippen molar-refractivity contribution in [1.82, 2.24) is 4.72 Å². The number of carbonyl (C=O) groups excluding carboxylic acids is 1. The predicted octanol–water partition coefficient (Wildman–Crippen LogP) is 3.79.